The van der Waals surface area contributed by atoms with Crippen LogP contribution in [-0.2, 0) is 6.54 Å². The lowest BCUT2D eigenvalue weighted by Crippen LogP contribution is -2.24. The van der Waals surface area contributed by atoms with E-state index in [0.717, 1.165) is 23.7 Å². The summed E-state index contributed by atoms with van der Waals surface area (Å²) in [5.41, 5.74) is 0.641. The van der Waals surface area contributed by atoms with Crippen molar-refractivity contribution in [1.29, 1.82) is 5.26 Å². The standard InChI is InChI=1S/C16H18BrN3OS/c1-3-4-5-8-20-15(21)13-9-12(17)6-7-14(13)19-16(20)22-11(2)10-18/h6-7,9,11H,3-5,8H2,1-2H3/t11-/m0/s1. The number of benzene rings is 1. The number of nitriles is 1. The Bertz CT molecular complexity index is 766. The summed E-state index contributed by atoms with van der Waals surface area (Å²) >= 11 is 4.74. The molecule has 2 aromatic rings. The smallest absolute Gasteiger partial charge is 0.262 e. The van der Waals surface area contributed by atoms with Crippen LogP contribution in [0.4, 0.5) is 0 Å². The number of aromatic nitrogens is 2. The summed E-state index contributed by atoms with van der Waals surface area (Å²) in [5.74, 6) is 0. The van der Waals surface area contributed by atoms with Gasteiger partial charge in [0.05, 0.1) is 22.2 Å². The molecule has 116 valence electrons. The van der Waals surface area contributed by atoms with Crippen LogP contribution in [-0.4, -0.2) is 14.8 Å². The number of thioether (sulfide) groups is 1. The summed E-state index contributed by atoms with van der Waals surface area (Å²) in [7, 11) is 0. The Kier molecular flexibility index (Phi) is 6.04. The van der Waals surface area contributed by atoms with E-state index in [2.05, 4.69) is 33.9 Å². The molecule has 1 atom stereocenters. The second kappa shape index (κ2) is 7.80. The van der Waals surface area contributed by atoms with Crippen molar-refractivity contribution in [3.8, 4) is 6.07 Å². The third-order valence-electron chi connectivity index (χ3n) is 3.33. The van der Waals surface area contributed by atoms with Crippen molar-refractivity contribution in [2.24, 2.45) is 0 Å². The maximum atomic E-state index is 12.8. The molecule has 0 unspecified atom stereocenters. The van der Waals surface area contributed by atoms with Crippen molar-refractivity contribution in [2.45, 2.75) is 50.1 Å². The number of halogens is 1. The van der Waals surface area contributed by atoms with Gasteiger partial charge in [-0.15, -0.1) is 0 Å². The molecule has 0 aliphatic heterocycles. The average Bonchev–Trinajstić information content (AvgIpc) is 2.51. The van der Waals surface area contributed by atoms with Crippen molar-refractivity contribution in [1.82, 2.24) is 9.55 Å². The minimum atomic E-state index is -0.239. The number of nitrogens with zero attached hydrogens (tertiary/aromatic N) is 3. The van der Waals surface area contributed by atoms with E-state index >= 15 is 0 Å². The van der Waals surface area contributed by atoms with E-state index in [9.17, 15) is 4.79 Å². The van der Waals surface area contributed by atoms with E-state index in [-0.39, 0.29) is 10.8 Å². The Hall–Kier alpha value is -1.32. The summed E-state index contributed by atoms with van der Waals surface area (Å²) in [6, 6.07) is 7.70. The third kappa shape index (κ3) is 3.90. The monoisotopic (exact) mass is 379 g/mol. The van der Waals surface area contributed by atoms with E-state index in [4.69, 9.17) is 5.26 Å². The van der Waals surface area contributed by atoms with Crippen LogP contribution in [0.25, 0.3) is 10.9 Å². The van der Waals surface area contributed by atoms with Crippen LogP contribution in [0.3, 0.4) is 0 Å². The molecular weight excluding hydrogens is 362 g/mol. The van der Waals surface area contributed by atoms with Gasteiger partial charge in [0.1, 0.15) is 0 Å². The molecule has 2 rings (SSSR count). The minimum absolute atomic E-state index is 0.0324. The van der Waals surface area contributed by atoms with Crippen molar-refractivity contribution in [3.05, 3.63) is 33.0 Å². The van der Waals surface area contributed by atoms with E-state index < -0.39 is 0 Å². The highest BCUT2D eigenvalue weighted by Gasteiger charge is 2.14. The molecule has 0 spiro atoms. The van der Waals surface area contributed by atoms with E-state index in [1.165, 1.54) is 11.8 Å². The van der Waals surface area contributed by atoms with Crippen molar-refractivity contribution >= 4 is 38.6 Å². The van der Waals surface area contributed by atoms with E-state index in [1.54, 1.807) is 4.57 Å². The van der Waals surface area contributed by atoms with Crippen LogP contribution in [0.15, 0.2) is 32.6 Å². The molecule has 1 heterocycles. The lowest BCUT2D eigenvalue weighted by molar-refractivity contribution is 0.541. The molecule has 4 nitrogen and oxygen atoms in total. The van der Waals surface area contributed by atoms with E-state index in [0.29, 0.717) is 22.6 Å². The predicted molar refractivity (Wildman–Crippen MR) is 94.2 cm³/mol. The van der Waals surface area contributed by atoms with Crippen LogP contribution < -0.4 is 5.56 Å². The van der Waals surface area contributed by atoms with Crippen LogP contribution in [0.1, 0.15) is 33.1 Å². The van der Waals surface area contributed by atoms with Crippen molar-refractivity contribution < 1.29 is 0 Å². The van der Waals surface area contributed by atoms with Gasteiger partial charge in [-0.05, 0) is 31.5 Å². The van der Waals surface area contributed by atoms with Gasteiger partial charge in [0.25, 0.3) is 5.56 Å². The molecule has 6 heteroatoms. The minimum Gasteiger partial charge on any atom is -0.287 e. The fourth-order valence-electron chi connectivity index (χ4n) is 2.16. The van der Waals surface area contributed by atoms with Crippen molar-refractivity contribution in [3.63, 3.8) is 0 Å². The van der Waals surface area contributed by atoms with Gasteiger partial charge >= 0.3 is 0 Å². The maximum absolute atomic E-state index is 12.8. The van der Waals surface area contributed by atoms with Crippen LogP contribution in [0, 0.1) is 11.3 Å². The summed E-state index contributed by atoms with van der Waals surface area (Å²) in [5, 5.41) is 10.0. The SMILES string of the molecule is CCCCCn1c(S[C@@H](C)C#N)nc2ccc(Br)cc2c1=O. The van der Waals surface area contributed by atoms with Gasteiger partial charge in [0, 0.05) is 11.0 Å². The Labute approximate surface area is 142 Å². The molecule has 0 bridgehead atoms. The summed E-state index contributed by atoms with van der Waals surface area (Å²) in [4.78, 5) is 17.4. The van der Waals surface area contributed by atoms with Gasteiger partial charge in [-0.2, -0.15) is 5.26 Å². The first-order valence-corrected chi connectivity index (χ1v) is 9.00. The fourth-order valence-corrected chi connectivity index (χ4v) is 3.35. The Balaban J connectivity index is 2.54. The fraction of sp³-hybridized carbons (Fsp3) is 0.438. The van der Waals surface area contributed by atoms with Gasteiger partial charge in [0.2, 0.25) is 0 Å². The number of rotatable bonds is 6. The molecule has 0 radical (unpaired) electrons. The Morgan fingerprint density at radius 3 is 2.91 bits per heavy atom. The highest BCUT2D eigenvalue weighted by Crippen LogP contribution is 2.23. The second-order valence-electron chi connectivity index (χ2n) is 5.11. The van der Waals surface area contributed by atoms with Gasteiger partial charge in [-0.1, -0.05) is 47.5 Å². The first-order valence-electron chi connectivity index (χ1n) is 7.33. The first-order chi connectivity index (χ1) is 10.6. The summed E-state index contributed by atoms with van der Waals surface area (Å²) < 4.78 is 2.58. The summed E-state index contributed by atoms with van der Waals surface area (Å²) in [6.45, 7) is 4.59. The Morgan fingerprint density at radius 2 is 2.23 bits per heavy atom. The molecule has 0 saturated carbocycles. The Morgan fingerprint density at radius 1 is 1.45 bits per heavy atom. The first kappa shape index (κ1) is 17.0. The van der Waals surface area contributed by atoms with Crippen LogP contribution >= 0.6 is 27.7 Å². The average molecular weight is 380 g/mol. The van der Waals surface area contributed by atoms with Crippen LogP contribution in [0.5, 0.6) is 0 Å². The molecule has 0 aliphatic rings. The molecule has 22 heavy (non-hydrogen) atoms. The van der Waals surface area contributed by atoms with Gasteiger partial charge in [0.15, 0.2) is 5.16 Å². The lowest BCUT2D eigenvalue weighted by atomic mass is 10.2. The second-order valence-corrected chi connectivity index (χ2v) is 7.33. The molecule has 0 saturated heterocycles. The van der Waals surface area contributed by atoms with Gasteiger partial charge < -0.3 is 0 Å². The van der Waals surface area contributed by atoms with Crippen LogP contribution in [0.2, 0.25) is 0 Å². The highest BCUT2D eigenvalue weighted by atomic mass is 79.9. The summed E-state index contributed by atoms with van der Waals surface area (Å²) in [6.07, 6.45) is 3.10. The molecule has 0 N–H and O–H groups in total. The number of hydrogen-bond donors (Lipinski definition) is 0. The molecule has 0 amide bonds. The zero-order chi connectivity index (χ0) is 16.1. The molecule has 1 aromatic heterocycles. The number of fused-ring (bicyclic) bond motifs is 1. The number of hydrogen-bond acceptors (Lipinski definition) is 4. The highest BCUT2D eigenvalue weighted by molar-refractivity contribution is 9.10. The zero-order valence-electron chi connectivity index (χ0n) is 12.7. The molecular formula is C16H18BrN3OS. The topological polar surface area (TPSA) is 58.7 Å². The maximum Gasteiger partial charge on any atom is 0.262 e. The molecule has 1 aromatic carbocycles. The normalized spacial score (nSPS) is 12.3. The largest absolute Gasteiger partial charge is 0.287 e. The quantitative estimate of drug-likeness (QED) is 0.425. The lowest BCUT2D eigenvalue weighted by Gasteiger charge is -2.13. The van der Waals surface area contributed by atoms with Crippen molar-refractivity contribution in [2.75, 3.05) is 0 Å². The third-order valence-corrected chi connectivity index (χ3v) is 4.81. The predicted octanol–water partition coefficient (Wildman–Crippen LogP) is 4.35. The zero-order valence-corrected chi connectivity index (χ0v) is 15.1. The molecule has 0 fully saturated rings. The van der Waals surface area contributed by atoms with Gasteiger partial charge in [-0.25, -0.2) is 4.98 Å². The molecule has 0 aliphatic carbocycles. The van der Waals surface area contributed by atoms with E-state index in [1.807, 2.05) is 25.1 Å². The van der Waals surface area contributed by atoms with Gasteiger partial charge in [-0.3, -0.25) is 9.36 Å². The number of unbranched alkanes of at least 4 members (excludes halogenated alkanes) is 2.